The van der Waals surface area contributed by atoms with Crippen molar-refractivity contribution in [3.05, 3.63) is 35.4 Å². The molecule has 0 radical (unpaired) electrons. The van der Waals surface area contributed by atoms with Crippen molar-refractivity contribution in [2.75, 3.05) is 19.7 Å². The molecule has 1 aromatic carbocycles. The van der Waals surface area contributed by atoms with E-state index < -0.39 is 0 Å². The van der Waals surface area contributed by atoms with Gasteiger partial charge in [-0.3, -0.25) is 9.59 Å². The molecule has 110 valence electrons. The molecule has 20 heavy (non-hydrogen) atoms. The quantitative estimate of drug-likeness (QED) is 0.720. The molecule has 4 nitrogen and oxygen atoms in total. The van der Waals surface area contributed by atoms with Gasteiger partial charge in [0, 0.05) is 12.1 Å². The van der Waals surface area contributed by atoms with Crippen LogP contribution < -0.4 is 0 Å². The SMILES string of the molecule is CCCN(CC(=O)OCC)C(=O)c1ccc(CC)cc1. The molecule has 0 unspecified atom stereocenters. The molecular formula is C16H23NO3. The van der Waals surface area contributed by atoms with Crippen molar-refractivity contribution in [2.45, 2.75) is 33.6 Å². The van der Waals surface area contributed by atoms with E-state index in [4.69, 9.17) is 4.74 Å². The van der Waals surface area contributed by atoms with Gasteiger partial charge in [0.05, 0.1) is 6.61 Å². The van der Waals surface area contributed by atoms with Gasteiger partial charge in [-0.2, -0.15) is 0 Å². The summed E-state index contributed by atoms with van der Waals surface area (Å²) in [5, 5.41) is 0. The van der Waals surface area contributed by atoms with Crippen LogP contribution in [-0.4, -0.2) is 36.5 Å². The van der Waals surface area contributed by atoms with E-state index in [0.29, 0.717) is 18.7 Å². The second kappa shape index (κ2) is 8.35. The molecule has 0 spiro atoms. The number of benzene rings is 1. The maximum atomic E-state index is 12.4. The molecule has 1 aromatic rings. The molecule has 0 saturated heterocycles. The van der Waals surface area contributed by atoms with Gasteiger partial charge in [0.1, 0.15) is 6.54 Å². The summed E-state index contributed by atoms with van der Waals surface area (Å²) in [6.45, 7) is 6.70. The van der Waals surface area contributed by atoms with Crippen LogP contribution in [0, 0.1) is 0 Å². The molecule has 0 bridgehead atoms. The van der Waals surface area contributed by atoms with E-state index in [0.717, 1.165) is 12.8 Å². The van der Waals surface area contributed by atoms with Gasteiger partial charge in [0.2, 0.25) is 0 Å². The van der Waals surface area contributed by atoms with Crippen LogP contribution in [0.15, 0.2) is 24.3 Å². The standard InChI is InChI=1S/C16H23NO3/c1-4-11-17(12-15(18)20-6-3)16(19)14-9-7-13(5-2)8-10-14/h7-10H,4-6,11-12H2,1-3H3. The lowest BCUT2D eigenvalue weighted by molar-refractivity contribution is -0.143. The molecular weight excluding hydrogens is 254 g/mol. The van der Waals surface area contributed by atoms with Crippen molar-refractivity contribution >= 4 is 11.9 Å². The van der Waals surface area contributed by atoms with Gasteiger partial charge in [0.15, 0.2) is 0 Å². The number of carbonyl (C=O) groups excluding carboxylic acids is 2. The number of aryl methyl sites for hydroxylation is 1. The number of ether oxygens (including phenoxy) is 1. The van der Waals surface area contributed by atoms with Crippen LogP contribution in [0.25, 0.3) is 0 Å². The summed E-state index contributed by atoms with van der Waals surface area (Å²) in [5.74, 6) is -0.484. The minimum atomic E-state index is -0.362. The van der Waals surface area contributed by atoms with Gasteiger partial charge in [-0.1, -0.05) is 26.0 Å². The summed E-state index contributed by atoms with van der Waals surface area (Å²) < 4.78 is 4.91. The van der Waals surface area contributed by atoms with Crippen LogP contribution >= 0.6 is 0 Å². The maximum Gasteiger partial charge on any atom is 0.325 e. The lowest BCUT2D eigenvalue weighted by atomic mass is 10.1. The van der Waals surface area contributed by atoms with Crippen molar-refractivity contribution in [2.24, 2.45) is 0 Å². The molecule has 1 rings (SSSR count). The zero-order chi connectivity index (χ0) is 15.0. The third kappa shape index (κ3) is 4.68. The van der Waals surface area contributed by atoms with Crippen LogP contribution in [-0.2, 0) is 16.0 Å². The monoisotopic (exact) mass is 277 g/mol. The molecule has 0 aromatic heterocycles. The number of hydrogen-bond acceptors (Lipinski definition) is 3. The zero-order valence-electron chi connectivity index (χ0n) is 12.5. The molecule has 0 saturated carbocycles. The summed E-state index contributed by atoms with van der Waals surface area (Å²) in [6.07, 6.45) is 1.74. The lowest BCUT2D eigenvalue weighted by Crippen LogP contribution is -2.37. The van der Waals surface area contributed by atoms with Gasteiger partial charge in [-0.05, 0) is 37.5 Å². The van der Waals surface area contributed by atoms with Crippen molar-refractivity contribution in [3.63, 3.8) is 0 Å². The van der Waals surface area contributed by atoms with Crippen LogP contribution in [0.2, 0.25) is 0 Å². The first kappa shape index (κ1) is 16.2. The van der Waals surface area contributed by atoms with Crippen LogP contribution in [0.1, 0.15) is 43.1 Å². The average molecular weight is 277 g/mol. The van der Waals surface area contributed by atoms with E-state index in [1.807, 2.05) is 31.2 Å². The highest BCUT2D eigenvalue weighted by molar-refractivity contribution is 5.96. The molecule has 0 N–H and O–H groups in total. The van der Waals surface area contributed by atoms with Gasteiger partial charge in [-0.15, -0.1) is 0 Å². The Morgan fingerprint density at radius 3 is 2.25 bits per heavy atom. The highest BCUT2D eigenvalue weighted by Gasteiger charge is 2.18. The van der Waals surface area contributed by atoms with Crippen molar-refractivity contribution in [3.8, 4) is 0 Å². The second-order valence-electron chi connectivity index (χ2n) is 4.58. The van der Waals surface area contributed by atoms with Crippen LogP contribution in [0.4, 0.5) is 0 Å². The number of amides is 1. The fraction of sp³-hybridized carbons (Fsp3) is 0.500. The Labute approximate surface area is 120 Å². The van der Waals surface area contributed by atoms with Gasteiger partial charge >= 0.3 is 5.97 Å². The summed E-state index contributed by atoms with van der Waals surface area (Å²) in [4.78, 5) is 25.5. The van der Waals surface area contributed by atoms with E-state index in [9.17, 15) is 9.59 Å². The largest absolute Gasteiger partial charge is 0.465 e. The fourth-order valence-corrected chi connectivity index (χ4v) is 1.95. The molecule has 4 heteroatoms. The minimum absolute atomic E-state index is 0.00996. The van der Waals surface area contributed by atoms with Crippen LogP contribution in [0.3, 0.4) is 0 Å². The molecule has 0 atom stereocenters. The molecule has 0 fully saturated rings. The minimum Gasteiger partial charge on any atom is -0.465 e. The first-order valence-electron chi connectivity index (χ1n) is 7.16. The Morgan fingerprint density at radius 2 is 1.75 bits per heavy atom. The molecule has 0 aliphatic rings. The van der Waals surface area contributed by atoms with Crippen molar-refractivity contribution in [1.82, 2.24) is 4.90 Å². The van der Waals surface area contributed by atoms with E-state index >= 15 is 0 Å². The maximum absolute atomic E-state index is 12.4. The fourth-order valence-electron chi connectivity index (χ4n) is 1.95. The molecule has 1 amide bonds. The van der Waals surface area contributed by atoms with E-state index in [1.165, 1.54) is 5.56 Å². The molecule has 0 aliphatic carbocycles. The predicted molar refractivity (Wildman–Crippen MR) is 78.6 cm³/mol. The van der Waals surface area contributed by atoms with E-state index in [-0.39, 0.29) is 18.4 Å². The Morgan fingerprint density at radius 1 is 1.10 bits per heavy atom. The second-order valence-corrected chi connectivity index (χ2v) is 4.58. The molecule has 0 heterocycles. The Bertz CT molecular complexity index is 440. The van der Waals surface area contributed by atoms with Crippen molar-refractivity contribution < 1.29 is 14.3 Å². The van der Waals surface area contributed by atoms with E-state index in [1.54, 1.807) is 11.8 Å². The number of esters is 1. The van der Waals surface area contributed by atoms with E-state index in [2.05, 4.69) is 6.92 Å². The van der Waals surface area contributed by atoms with Gasteiger partial charge < -0.3 is 9.64 Å². The van der Waals surface area contributed by atoms with Crippen LogP contribution in [0.5, 0.6) is 0 Å². The normalized spacial score (nSPS) is 10.2. The van der Waals surface area contributed by atoms with Crippen molar-refractivity contribution in [1.29, 1.82) is 0 Å². The summed E-state index contributed by atoms with van der Waals surface area (Å²) in [6, 6.07) is 7.52. The Kier molecular flexibility index (Phi) is 6.77. The molecule has 0 aliphatic heterocycles. The van der Waals surface area contributed by atoms with Gasteiger partial charge in [-0.25, -0.2) is 0 Å². The summed E-state index contributed by atoms with van der Waals surface area (Å²) in [7, 11) is 0. The number of hydrogen-bond donors (Lipinski definition) is 0. The highest BCUT2D eigenvalue weighted by Crippen LogP contribution is 2.09. The summed E-state index contributed by atoms with van der Waals surface area (Å²) in [5.41, 5.74) is 1.80. The van der Waals surface area contributed by atoms with Gasteiger partial charge in [0.25, 0.3) is 5.91 Å². The lowest BCUT2D eigenvalue weighted by Gasteiger charge is -2.21. The number of rotatable bonds is 7. The third-order valence-corrected chi connectivity index (χ3v) is 3.02. The third-order valence-electron chi connectivity index (χ3n) is 3.02. The summed E-state index contributed by atoms with van der Waals surface area (Å²) >= 11 is 0. The average Bonchev–Trinajstić information content (AvgIpc) is 2.46. The Balaban J connectivity index is 2.78. The highest BCUT2D eigenvalue weighted by atomic mass is 16.5. The number of carbonyl (C=O) groups is 2. The smallest absolute Gasteiger partial charge is 0.325 e. The predicted octanol–water partition coefficient (Wildman–Crippen LogP) is 2.66. The first-order chi connectivity index (χ1) is 9.62. The Hall–Kier alpha value is -1.84. The topological polar surface area (TPSA) is 46.6 Å². The zero-order valence-corrected chi connectivity index (χ0v) is 12.5. The number of nitrogens with zero attached hydrogens (tertiary/aromatic N) is 1. The first-order valence-corrected chi connectivity index (χ1v) is 7.16.